The van der Waals surface area contributed by atoms with Gasteiger partial charge in [0.2, 0.25) is 0 Å². The second-order valence-electron chi connectivity index (χ2n) is 4.72. The summed E-state index contributed by atoms with van der Waals surface area (Å²) < 4.78 is 0. The van der Waals surface area contributed by atoms with Gasteiger partial charge >= 0.3 is 6.03 Å². The van der Waals surface area contributed by atoms with E-state index in [1.54, 1.807) is 6.20 Å². The first kappa shape index (κ1) is 10.8. The summed E-state index contributed by atoms with van der Waals surface area (Å²) in [6.45, 7) is 4.06. The Labute approximate surface area is 104 Å². The lowest BCUT2D eigenvalue weighted by Gasteiger charge is -2.35. The van der Waals surface area contributed by atoms with E-state index in [1.807, 2.05) is 10.3 Å². The van der Waals surface area contributed by atoms with Gasteiger partial charge in [0.1, 0.15) is 0 Å². The molecule has 2 aliphatic rings. The first-order valence-corrected chi connectivity index (χ1v) is 6.77. The van der Waals surface area contributed by atoms with Crippen LogP contribution in [0, 0.1) is 0 Å². The molecule has 17 heavy (non-hydrogen) atoms. The minimum absolute atomic E-state index is 0.0000463. The number of aromatic nitrogens is 1. The number of amides is 2. The second-order valence-corrected chi connectivity index (χ2v) is 5.61. The Kier molecular flexibility index (Phi) is 2.63. The first-order valence-electron chi connectivity index (χ1n) is 5.89. The number of urea groups is 1. The highest BCUT2D eigenvalue weighted by atomic mass is 32.1. The molecule has 5 heteroatoms. The molecule has 2 unspecified atom stereocenters. The van der Waals surface area contributed by atoms with E-state index in [9.17, 15) is 4.79 Å². The molecule has 2 bridgehead atoms. The molecule has 3 rings (SSSR count). The summed E-state index contributed by atoms with van der Waals surface area (Å²) in [5, 5.41) is 5.41. The lowest BCUT2D eigenvalue weighted by Crippen LogP contribution is -2.46. The number of carbonyl (C=O) groups is 1. The van der Waals surface area contributed by atoms with Crippen LogP contribution in [0.4, 0.5) is 9.93 Å². The smallest absolute Gasteiger partial charge is 0.318 e. The Morgan fingerprint density at radius 2 is 2.18 bits per heavy atom. The Morgan fingerprint density at radius 3 is 2.76 bits per heavy atom. The minimum atomic E-state index is -0.0000463. The molecule has 2 aliphatic heterocycles. The number of nitrogens with zero attached hydrogens (tertiary/aromatic N) is 2. The van der Waals surface area contributed by atoms with E-state index in [0.717, 1.165) is 25.7 Å². The van der Waals surface area contributed by atoms with Crippen LogP contribution in [-0.4, -0.2) is 28.0 Å². The maximum absolute atomic E-state index is 12.2. The Hall–Kier alpha value is -1.36. The van der Waals surface area contributed by atoms with Crippen LogP contribution in [0.15, 0.2) is 23.7 Å². The number of carbonyl (C=O) groups excluding carboxylic acids is 1. The molecule has 2 amide bonds. The van der Waals surface area contributed by atoms with E-state index in [2.05, 4.69) is 16.9 Å². The summed E-state index contributed by atoms with van der Waals surface area (Å²) in [6.07, 6.45) is 5.83. The van der Waals surface area contributed by atoms with Crippen LogP contribution >= 0.6 is 11.3 Å². The summed E-state index contributed by atoms with van der Waals surface area (Å²) in [4.78, 5) is 18.3. The van der Waals surface area contributed by atoms with Gasteiger partial charge in [-0.05, 0) is 25.7 Å². The van der Waals surface area contributed by atoms with Gasteiger partial charge in [-0.15, -0.1) is 11.3 Å². The number of hydrogen-bond donors (Lipinski definition) is 1. The van der Waals surface area contributed by atoms with Crippen LogP contribution in [0.5, 0.6) is 0 Å². The molecule has 3 heterocycles. The molecule has 0 aromatic carbocycles. The molecule has 0 spiro atoms. The zero-order chi connectivity index (χ0) is 11.8. The lowest BCUT2D eigenvalue weighted by molar-refractivity contribution is 0.174. The highest BCUT2D eigenvalue weighted by molar-refractivity contribution is 7.13. The van der Waals surface area contributed by atoms with Crippen LogP contribution in [0.3, 0.4) is 0 Å². The molecule has 1 aromatic rings. The molecule has 2 fully saturated rings. The number of piperidine rings is 1. The minimum Gasteiger partial charge on any atom is -0.318 e. The number of rotatable bonds is 1. The Balaban J connectivity index is 1.72. The van der Waals surface area contributed by atoms with Crippen molar-refractivity contribution in [3.05, 3.63) is 23.7 Å². The van der Waals surface area contributed by atoms with Gasteiger partial charge in [0.25, 0.3) is 0 Å². The van der Waals surface area contributed by atoms with Crippen molar-refractivity contribution in [2.45, 2.75) is 37.8 Å². The van der Waals surface area contributed by atoms with Crippen molar-refractivity contribution in [2.24, 2.45) is 0 Å². The van der Waals surface area contributed by atoms with E-state index < -0.39 is 0 Å². The Morgan fingerprint density at radius 1 is 1.47 bits per heavy atom. The molecule has 1 N–H and O–H groups in total. The average Bonchev–Trinajstić information content (AvgIpc) is 2.86. The van der Waals surface area contributed by atoms with Gasteiger partial charge in [-0.1, -0.05) is 12.2 Å². The summed E-state index contributed by atoms with van der Waals surface area (Å²) in [5.41, 5.74) is 1.29. The van der Waals surface area contributed by atoms with Gasteiger partial charge in [0, 0.05) is 23.7 Å². The fourth-order valence-electron chi connectivity index (χ4n) is 2.88. The molecule has 0 saturated carbocycles. The van der Waals surface area contributed by atoms with Gasteiger partial charge in [0.05, 0.1) is 0 Å². The molecule has 2 saturated heterocycles. The molecule has 0 radical (unpaired) electrons. The van der Waals surface area contributed by atoms with Crippen LogP contribution in [0.1, 0.15) is 25.7 Å². The molecule has 1 aromatic heterocycles. The SMILES string of the molecule is C=C1CC2CCC(C1)N2C(=O)Nc1nccs1. The third-order valence-electron chi connectivity index (χ3n) is 3.55. The molecular weight excluding hydrogens is 234 g/mol. The number of nitrogens with one attached hydrogen (secondary N) is 1. The maximum atomic E-state index is 12.2. The fraction of sp³-hybridized carbons (Fsp3) is 0.500. The number of hydrogen-bond acceptors (Lipinski definition) is 3. The van der Waals surface area contributed by atoms with Crippen molar-refractivity contribution in [1.82, 2.24) is 9.88 Å². The van der Waals surface area contributed by atoms with E-state index in [4.69, 9.17) is 0 Å². The van der Waals surface area contributed by atoms with E-state index in [-0.39, 0.29) is 6.03 Å². The third kappa shape index (κ3) is 1.95. The van der Waals surface area contributed by atoms with Crippen molar-refractivity contribution in [3.63, 3.8) is 0 Å². The van der Waals surface area contributed by atoms with Crippen molar-refractivity contribution < 1.29 is 4.79 Å². The van der Waals surface area contributed by atoms with Gasteiger partial charge in [-0.2, -0.15) is 0 Å². The number of thiazole rings is 1. The highest BCUT2D eigenvalue weighted by Crippen LogP contribution is 2.37. The third-order valence-corrected chi connectivity index (χ3v) is 4.24. The zero-order valence-corrected chi connectivity index (χ0v) is 10.4. The van der Waals surface area contributed by atoms with Gasteiger partial charge in [-0.25, -0.2) is 9.78 Å². The van der Waals surface area contributed by atoms with Crippen molar-refractivity contribution >= 4 is 22.5 Å². The largest absolute Gasteiger partial charge is 0.324 e. The quantitative estimate of drug-likeness (QED) is 0.778. The van der Waals surface area contributed by atoms with E-state index in [1.165, 1.54) is 16.9 Å². The number of fused-ring (bicyclic) bond motifs is 2. The monoisotopic (exact) mass is 249 g/mol. The van der Waals surface area contributed by atoms with Crippen LogP contribution < -0.4 is 5.32 Å². The molecule has 2 atom stereocenters. The van der Waals surface area contributed by atoms with Gasteiger partial charge < -0.3 is 4.90 Å². The maximum Gasteiger partial charge on any atom is 0.324 e. The van der Waals surface area contributed by atoms with Crippen molar-refractivity contribution in [2.75, 3.05) is 5.32 Å². The summed E-state index contributed by atoms with van der Waals surface area (Å²) in [5.74, 6) is 0. The lowest BCUT2D eigenvalue weighted by atomic mass is 9.99. The van der Waals surface area contributed by atoms with Crippen LogP contribution in [-0.2, 0) is 0 Å². The van der Waals surface area contributed by atoms with E-state index >= 15 is 0 Å². The topological polar surface area (TPSA) is 45.2 Å². The standard InChI is InChI=1S/C12H15N3OS/c1-8-6-9-2-3-10(7-8)15(9)12(16)14-11-13-4-5-17-11/h4-5,9-10H,1-3,6-7H2,(H,13,14,16). The summed E-state index contributed by atoms with van der Waals surface area (Å²) in [7, 11) is 0. The van der Waals surface area contributed by atoms with Crippen LogP contribution in [0.25, 0.3) is 0 Å². The summed E-state index contributed by atoms with van der Waals surface area (Å²) >= 11 is 1.45. The number of anilines is 1. The predicted octanol–water partition coefficient (Wildman–Crippen LogP) is 2.86. The first-order chi connectivity index (χ1) is 8.24. The molecule has 4 nitrogen and oxygen atoms in total. The molecule has 0 aliphatic carbocycles. The van der Waals surface area contributed by atoms with Gasteiger partial charge in [0.15, 0.2) is 5.13 Å². The Bertz CT molecular complexity index is 427. The van der Waals surface area contributed by atoms with Gasteiger partial charge in [-0.3, -0.25) is 5.32 Å². The molecule has 90 valence electrons. The second kappa shape index (κ2) is 4.14. The fourth-order valence-corrected chi connectivity index (χ4v) is 3.40. The highest BCUT2D eigenvalue weighted by Gasteiger charge is 2.40. The van der Waals surface area contributed by atoms with E-state index in [0.29, 0.717) is 17.2 Å². The van der Waals surface area contributed by atoms with Crippen LogP contribution in [0.2, 0.25) is 0 Å². The summed E-state index contributed by atoms with van der Waals surface area (Å²) in [6, 6.07) is 0.697. The molecular formula is C12H15N3OS. The average molecular weight is 249 g/mol. The van der Waals surface area contributed by atoms with Crippen molar-refractivity contribution in [3.8, 4) is 0 Å². The zero-order valence-electron chi connectivity index (χ0n) is 9.56. The predicted molar refractivity (Wildman–Crippen MR) is 68.2 cm³/mol. The normalized spacial score (nSPS) is 27.3. The van der Waals surface area contributed by atoms with Crippen molar-refractivity contribution in [1.29, 1.82) is 0 Å².